The number of amides is 2. The topological polar surface area (TPSA) is 44.7 Å². The number of aliphatic imine (C=N–C) groups is 1. The second-order valence-electron chi connectivity index (χ2n) is 4.84. The first-order valence-electron chi connectivity index (χ1n) is 6.30. The Balaban J connectivity index is 2.02. The predicted molar refractivity (Wildman–Crippen MR) is 82.1 cm³/mol. The van der Waals surface area contributed by atoms with Crippen molar-refractivity contribution in [3.8, 4) is 0 Å². The van der Waals surface area contributed by atoms with E-state index < -0.39 is 0 Å². The molecule has 5 heteroatoms. The van der Waals surface area contributed by atoms with Gasteiger partial charge in [-0.3, -0.25) is 9.89 Å². The summed E-state index contributed by atoms with van der Waals surface area (Å²) < 4.78 is 0. The number of nitrogens with one attached hydrogen (secondary N) is 1. The number of urea groups is 1. The summed E-state index contributed by atoms with van der Waals surface area (Å²) in [5, 5.41) is 4.13. The molecule has 1 aliphatic heterocycles. The van der Waals surface area contributed by atoms with Crippen LogP contribution in [0, 0.1) is 13.8 Å². The highest BCUT2D eigenvalue weighted by atomic mass is 32.2. The zero-order valence-electron chi connectivity index (χ0n) is 11.7. The molecule has 1 aromatic rings. The van der Waals surface area contributed by atoms with E-state index in [0.29, 0.717) is 5.25 Å². The average Bonchev–Trinajstić information content (AvgIpc) is 2.79. The van der Waals surface area contributed by atoms with Gasteiger partial charge in [0.1, 0.15) is 0 Å². The molecule has 0 bridgehead atoms. The first-order valence-corrected chi connectivity index (χ1v) is 7.18. The van der Waals surface area contributed by atoms with Crippen LogP contribution in [0.5, 0.6) is 0 Å². The van der Waals surface area contributed by atoms with E-state index in [1.54, 1.807) is 23.7 Å². The Morgan fingerprint density at radius 1 is 1.42 bits per heavy atom. The smallest absolute Gasteiger partial charge is 0.307 e. The molecule has 1 N–H and O–H groups in total. The molecule has 0 spiro atoms. The Labute approximate surface area is 118 Å². The summed E-state index contributed by atoms with van der Waals surface area (Å²) in [7, 11) is 1.75. The highest BCUT2D eigenvalue weighted by molar-refractivity contribution is 8.14. The molecule has 0 saturated heterocycles. The zero-order chi connectivity index (χ0) is 14.0. The summed E-state index contributed by atoms with van der Waals surface area (Å²) in [6.45, 7) is 6.98. The van der Waals surface area contributed by atoms with Gasteiger partial charge in [-0.2, -0.15) is 0 Å². The van der Waals surface area contributed by atoms with Crippen molar-refractivity contribution in [3.05, 3.63) is 29.3 Å². The van der Waals surface area contributed by atoms with Gasteiger partial charge in [0.15, 0.2) is 5.17 Å². The molecule has 0 fully saturated rings. The van der Waals surface area contributed by atoms with Crippen molar-refractivity contribution in [1.82, 2.24) is 4.90 Å². The first kappa shape index (κ1) is 13.9. The molecular formula is C14H19N3OS. The number of thioether (sulfide) groups is 1. The van der Waals surface area contributed by atoms with E-state index in [2.05, 4.69) is 24.2 Å². The molecule has 0 radical (unpaired) electrons. The van der Waals surface area contributed by atoms with Crippen LogP contribution in [0.25, 0.3) is 0 Å². The van der Waals surface area contributed by atoms with E-state index in [1.807, 2.05) is 25.1 Å². The molecule has 19 heavy (non-hydrogen) atoms. The third kappa shape index (κ3) is 3.29. The molecule has 4 nitrogen and oxygen atoms in total. The van der Waals surface area contributed by atoms with Crippen molar-refractivity contribution in [1.29, 1.82) is 0 Å². The summed E-state index contributed by atoms with van der Waals surface area (Å²) in [6, 6.07) is 5.76. The van der Waals surface area contributed by atoms with Gasteiger partial charge in [0.05, 0.1) is 6.54 Å². The zero-order valence-corrected chi connectivity index (χ0v) is 12.5. The lowest BCUT2D eigenvalue weighted by Gasteiger charge is -2.17. The van der Waals surface area contributed by atoms with Crippen LogP contribution in [0.1, 0.15) is 18.1 Å². The molecule has 0 aromatic heterocycles. The summed E-state index contributed by atoms with van der Waals surface area (Å²) in [5.41, 5.74) is 3.20. The summed E-state index contributed by atoms with van der Waals surface area (Å²) >= 11 is 1.63. The van der Waals surface area contributed by atoms with E-state index in [-0.39, 0.29) is 6.03 Å². The number of rotatable bonds is 1. The van der Waals surface area contributed by atoms with Crippen LogP contribution in [-0.2, 0) is 0 Å². The Morgan fingerprint density at radius 2 is 2.16 bits per heavy atom. The van der Waals surface area contributed by atoms with Gasteiger partial charge < -0.3 is 5.32 Å². The molecule has 2 amide bonds. The highest BCUT2D eigenvalue weighted by Gasteiger charge is 2.22. The molecule has 1 aromatic carbocycles. The van der Waals surface area contributed by atoms with Gasteiger partial charge >= 0.3 is 6.03 Å². The van der Waals surface area contributed by atoms with Crippen molar-refractivity contribution in [3.63, 3.8) is 0 Å². The maximum absolute atomic E-state index is 12.1. The normalized spacial score (nSPS) is 18.1. The van der Waals surface area contributed by atoms with Gasteiger partial charge in [0, 0.05) is 18.0 Å². The van der Waals surface area contributed by atoms with E-state index in [0.717, 1.165) is 17.4 Å². The quantitative estimate of drug-likeness (QED) is 0.856. The van der Waals surface area contributed by atoms with Crippen molar-refractivity contribution >= 4 is 28.6 Å². The van der Waals surface area contributed by atoms with Crippen LogP contribution < -0.4 is 5.32 Å². The number of hydrogen-bond acceptors (Lipinski definition) is 3. The van der Waals surface area contributed by atoms with E-state index in [1.165, 1.54) is 11.1 Å². The third-order valence-electron chi connectivity index (χ3n) is 3.14. The predicted octanol–water partition coefficient (Wildman–Crippen LogP) is 3.26. The number of aryl methyl sites for hydroxylation is 2. The van der Waals surface area contributed by atoms with Gasteiger partial charge in [0.25, 0.3) is 0 Å². The molecule has 1 aliphatic rings. The summed E-state index contributed by atoms with van der Waals surface area (Å²) in [4.78, 5) is 18.1. The molecule has 0 unspecified atom stereocenters. The minimum Gasteiger partial charge on any atom is -0.307 e. The Morgan fingerprint density at radius 3 is 2.74 bits per heavy atom. The number of carbonyl (C=O) groups is 1. The molecule has 1 atom stereocenters. The second-order valence-corrected chi connectivity index (χ2v) is 6.25. The SMILES string of the molecule is Cc1ccc(NC(=O)N(C)C2=NC[C@@H](C)S2)cc1C. The number of nitrogens with zero attached hydrogens (tertiary/aromatic N) is 2. The van der Waals surface area contributed by atoms with Gasteiger partial charge in [0.2, 0.25) is 0 Å². The first-order chi connectivity index (χ1) is 8.97. The number of benzene rings is 1. The molecule has 1 heterocycles. The van der Waals surface area contributed by atoms with Crippen LogP contribution >= 0.6 is 11.8 Å². The van der Waals surface area contributed by atoms with Crippen molar-refractivity contribution in [2.45, 2.75) is 26.0 Å². The highest BCUT2D eigenvalue weighted by Crippen LogP contribution is 2.22. The lowest BCUT2D eigenvalue weighted by molar-refractivity contribution is 0.239. The average molecular weight is 277 g/mol. The van der Waals surface area contributed by atoms with Crippen molar-refractivity contribution < 1.29 is 4.79 Å². The number of hydrogen-bond donors (Lipinski definition) is 1. The minimum atomic E-state index is -0.149. The largest absolute Gasteiger partial charge is 0.327 e. The van der Waals surface area contributed by atoms with Crippen LogP contribution in [0.3, 0.4) is 0 Å². The molecule has 0 aliphatic carbocycles. The second kappa shape index (κ2) is 5.65. The Bertz CT molecular complexity index is 527. The van der Waals surface area contributed by atoms with Crippen molar-refractivity contribution in [2.24, 2.45) is 4.99 Å². The third-order valence-corrected chi connectivity index (χ3v) is 4.31. The fourth-order valence-corrected chi connectivity index (χ4v) is 2.66. The lowest BCUT2D eigenvalue weighted by atomic mass is 10.1. The summed E-state index contributed by atoms with van der Waals surface area (Å²) in [5.74, 6) is 0. The van der Waals surface area contributed by atoms with Gasteiger partial charge in [-0.05, 0) is 37.1 Å². The minimum absolute atomic E-state index is 0.149. The number of carbonyl (C=O) groups excluding carboxylic acids is 1. The monoisotopic (exact) mass is 277 g/mol. The van der Waals surface area contributed by atoms with E-state index in [4.69, 9.17) is 0 Å². The summed E-state index contributed by atoms with van der Waals surface area (Å²) in [6.07, 6.45) is 0. The molecule has 2 rings (SSSR count). The van der Waals surface area contributed by atoms with Crippen LogP contribution in [-0.4, -0.2) is 34.9 Å². The number of amidine groups is 1. The lowest BCUT2D eigenvalue weighted by Crippen LogP contribution is -2.34. The van der Waals surface area contributed by atoms with Gasteiger partial charge in [-0.1, -0.05) is 24.8 Å². The molecule has 102 valence electrons. The van der Waals surface area contributed by atoms with Crippen LogP contribution in [0.4, 0.5) is 10.5 Å². The van der Waals surface area contributed by atoms with Crippen LogP contribution in [0.2, 0.25) is 0 Å². The molecular weight excluding hydrogens is 258 g/mol. The van der Waals surface area contributed by atoms with E-state index in [9.17, 15) is 4.79 Å². The Hall–Kier alpha value is -1.49. The van der Waals surface area contributed by atoms with Crippen molar-refractivity contribution in [2.75, 3.05) is 18.9 Å². The van der Waals surface area contributed by atoms with Gasteiger partial charge in [-0.25, -0.2) is 4.79 Å². The fraction of sp³-hybridized carbons (Fsp3) is 0.429. The van der Waals surface area contributed by atoms with Gasteiger partial charge in [-0.15, -0.1) is 0 Å². The Kier molecular flexibility index (Phi) is 4.14. The maximum atomic E-state index is 12.1. The fourth-order valence-electron chi connectivity index (χ4n) is 1.76. The van der Waals surface area contributed by atoms with E-state index >= 15 is 0 Å². The molecule has 0 saturated carbocycles. The number of anilines is 1. The maximum Gasteiger partial charge on any atom is 0.327 e. The van der Waals surface area contributed by atoms with Crippen LogP contribution in [0.15, 0.2) is 23.2 Å². The standard InChI is InChI=1S/C14H19N3OS/c1-9-5-6-12(7-10(9)2)16-13(18)17(4)14-15-8-11(3)19-14/h5-7,11H,8H2,1-4H3,(H,16,18)/t11-/m1/s1.